The highest BCUT2D eigenvalue weighted by Crippen LogP contribution is 2.42. The number of anilines is 1. The van der Waals surface area contributed by atoms with Crippen LogP contribution in [-0.2, 0) is 0 Å². The molecule has 0 bridgehead atoms. The fourth-order valence-electron chi connectivity index (χ4n) is 1.64. The largest absolute Gasteiger partial charge is 0.358 e. The van der Waals surface area contributed by atoms with Crippen LogP contribution in [0.5, 0.6) is 0 Å². The van der Waals surface area contributed by atoms with Crippen molar-refractivity contribution in [3.8, 4) is 0 Å². The third-order valence-electron chi connectivity index (χ3n) is 3.02. The zero-order valence-corrected chi connectivity index (χ0v) is 10.1. The van der Waals surface area contributed by atoms with Crippen molar-refractivity contribution >= 4 is 21.6 Å². The summed E-state index contributed by atoms with van der Waals surface area (Å²) in [5, 5.41) is 0. The maximum Gasteiger partial charge on any atom is 0.0756 e. The smallest absolute Gasteiger partial charge is 0.0756 e. The lowest BCUT2D eigenvalue weighted by atomic mass is 10.1. The van der Waals surface area contributed by atoms with Crippen molar-refractivity contribution in [1.29, 1.82) is 0 Å². The monoisotopic (exact) mass is 251 g/mol. The van der Waals surface area contributed by atoms with Crippen LogP contribution in [0.25, 0.3) is 0 Å². The fraction of sp³-hybridized carbons (Fsp3) is 0.333. The molecule has 0 radical (unpaired) electrons. The third-order valence-corrected chi connectivity index (χ3v) is 3.54. The first-order valence-electron chi connectivity index (χ1n) is 4.73. The summed E-state index contributed by atoms with van der Waals surface area (Å²) in [4.78, 5) is 2.36. The van der Waals surface area contributed by atoms with Crippen LogP contribution in [-0.4, -0.2) is 12.1 Å². The van der Waals surface area contributed by atoms with Crippen molar-refractivity contribution in [3.63, 3.8) is 0 Å². The molecule has 0 aromatic heterocycles. The maximum absolute atomic E-state index is 4.03. The first kappa shape index (κ1) is 9.78. The molecular weight excluding hydrogens is 238 g/mol. The van der Waals surface area contributed by atoms with E-state index in [1.165, 1.54) is 11.3 Å². The van der Waals surface area contributed by atoms with Gasteiger partial charge < -0.3 is 4.90 Å². The molecule has 0 saturated carbocycles. The first-order chi connectivity index (χ1) is 6.54. The van der Waals surface area contributed by atoms with Crippen molar-refractivity contribution in [2.24, 2.45) is 0 Å². The minimum atomic E-state index is 0.188. The van der Waals surface area contributed by atoms with Crippen LogP contribution in [0, 0.1) is 0 Å². The lowest BCUT2D eigenvalue weighted by Crippen LogP contribution is -2.13. The van der Waals surface area contributed by atoms with Crippen LogP contribution >= 0.6 is 15.9 Å². The van der Waals surface area contributed by atoms with Crippen LogP contribution < -0.4 is 4.90 Å². The molecule has 1 aliphatic heterocycles. The molecule has 1 aromatic carbocycles. The van der Waals surface area contributed by atoms with Gasteiger partial charge in [-0.25, -0.2) is 0 Å². The standard InChI is InChI=1S/C12H14BrN/c1-9(2)12(3)8-14(12)11-6-4-10(13)5-7-11/h4-7H,1,8H2,2-3H3. The summed E-state index contributed by atoms with van der Waals surface area (Å²) in [5.74, 6) is 0. The van der Waals surface area contributed by atoms with Gasteiger partial charge in [0.1, 0.15) is 0 Å². The Morgan fingerprint density at radius 2 is 2.00 bits per heavy atom. The van der Waals surface area contributed by atoms with E-state index in [4.69, 9.17) is 0 Å². The van der Waals surface area contributed by atoms with Gasteiger partial charge in [-0.2, -0.15) is 0 Å². The lowest BCUT2D eigenvalue weighted by Gasteiger charge is -2.13. The lowest BCUT2D eigenvalue weighted by molar-refractivity contribution is 0.853. The molecule has 2 rings (SSSR count). The van der Waals surface area contributed by atoms with Crippen molar-refractivity contribution in [2.75, 3.05) is 11.4 Å². The molecule has 1 nitrogen and oxygen atoms in total. The minimum absolute atomic E-state index is 0.188. The van der Waals surface area contributed by atoms with Gasteiger partial charge in [0.2, 0.25) is 0 Å². The van der Waals surface area contributed by atoms with E-state index >= 15 is 0 Å². The maximum atomic E-state index is 4.03. The van der Waals surface area contributed by atoms with E-state index in [2.05, 4.69) is 65.5 Å². The fourth-order valence-corrected chi connectivity index (χ4v) is 1.90. The average molecular weight is 252 g/mol. The van der Waals surface area contributed by atoms with Gasteiger partial charge in [0.05, 0.1) is 5.54 Å². The predicted molar refractivity (Wildman–Crippen MR) is 64.7 cm³/mol. The van der Waals surface area contributed by atoms with Gasteiger partial charge in [-0.1, -0.05) is 28.1 Å². The second-order valence-electron chi connectivity index (χ2n) is 4.12. The molecule has 0 amide bonds. The molecule has 14 heavy (non-hydrogen) atoms. The Morgan fingerprint density at radius 1 is 1.43 bits per heavy atom. The van der Waals surface area contributed by atoms with Gasteiger partial charge in [-0.05, 0) is 38.1 Å². The quantitative estimate of drug-likeness (QED) is 0.574. The molecule has 1 atom stereocenters. The summed E-state index contributed by atoms with van der Waals surface area (Å²) < 4.78 is 1.13. The zero-order chi connectivity index (χ0) is 10.3. The summed E-state index contributed by atoms with van der Waals surface area (Å²) in [5.41, 5.74) is 2.70. The number of hydrogen-bond acceptors (Lipinski definition) is 1. The Labute approximate surface area is 93.6 Å². The highest BCUT2D eigenvalue weighted by atomic mass is 79.9. The Hall–Kier alpha value is -0.760. The first-order valence-corrected chi connectivity index (χ1v) is 5.52. The summed E-state index contributed by atoms with van der Waals surface area (Å²) >= 11 is 3.44. The normalized spacial score (nSPS) is 24.9. The van der Waals surface area contributed by atoms with Gasteiger partial charge in [0.15, 0.2) is 0 Å². The molecule has 0 aliphatic carbocycles. The van der Waals surface area contributed by atoms with Gasteiger partial charge in [0.25, 0.3) is 0 Å². The van der Waals surface area contributed by atoms with Gasteiger partial charge in [-0.15, -0.1) is 0 Å². The zero-order valence-electron chi connectivity index (χ0n) is 8.55. The molecule has 1 saturated heterocycles. The average Bonchev–Trinajstić information content (AvgIpc) is 2.81. The summed E-state index contributed by atoms with van der Waals surface area (Å²) in [6, 6.07) is 8.43. The van der Waals surface area contributed by atoms with E-state index in [-0.39, 0.29) is 5.54 Å². The van der Waals surface area contributed by atoms with Crippen molar-refractivity contribution in [1.82, 2.24) is 0 Å². The van der Waals surface area contributed by atoms with Gasteiger partial charge >= 0.3 is 0 Å². The molecule has 1 heterocycles. The molecule has 1 aliphatic rings. The molecule has 74 valence electrons. The Kier molecular flexibility index (Phi) is 2.18. The Bertz CT molecular complexity index is 368. The van der Waals surface area contributed by atoms with Crippen LogP contribution in [0.2, 0.25) is 0 Å². The Balaban J connectivity index is 2.21. The molecule has 1 aromatic rings. The number of benzene rings is 1. The molecule has 1 unspecified atom stereocenters. The topological polar surface area (TPSA) is 3.01 Å². The molecule has 0 N–H and O–H groups in total. The number of rotatable bonds is 2. The predicted octanol–water partition coefficient (Wildman–Crippen LogP) is 3.60. The van der Waals surface area contributed by atoms with E-state index in [9.17, 15) is 0 Å². The van der Waals surface area contributed by atoms with E-state index in [1.807, 2.05) is 0 Å². The van der Waals surface area contributed by atoms with Crippen molar-refractivity contribution < 1.29 is 0 Å². The Morgan fingerprint density at radius 3 is 2.43 bits per heavy atom. The SMILES string of the molecule is C=C(C)C1(C)CN1c1ccc(Br)cc1. The summed E-state index contributed by atoms with van der Waals surface area (Å²) in [6.45, 7) is 9.45. The summed E-state index contributed by atoms with van der Waals surface area (Å²) in [6.07, 6.45) is 0. The second-order valence-corrected chi connectivity index (χ2v) is 5.03. The molecule has 1 fully saturated rings. The highest BCUT2D eigenvalue weighted by molar-refractivity contribution is 9.10. The van der Waals surface area contributed by atoms with Gasteiger partial charge in [0, 0.05) is 16.7 Å². The van der Waals surface area contributed by atoms with E-state index in [0.29, 0.717) is 0 Å². The van der Waals surface area contributed by atoms with Crippen LogP contribution in [0.4, 0.5) is 5.69 Å². The second kappa shape index (κ2) is 3.13. The van der Waals surface area contributed by atoms with E-state index in [0.717, 1.165) is 11.0 Å². The number of nitrogens with zero attached hydrogens (tertiary/aromatic N) is 1. The van der Waals surface area contributed by atoms with Crippen LogP contribution in [0.3, 0.4) is 0 Å². The number of halogens is 1. The van der Waals surface area contributed by atoms with Gasteiger partial charge in [-0.3, -0.25) is 0 Å². The minimum Gasteiger partial charge on any atom is -0.358 e. The molecule has 0 spiro atoms. The van der Waals surface area contributed by atoms with Crippen LogP contribution in [0.1, 0.15) is 13.8 Å². The third kappa shape index (κ3) is 1.48. The van der Waals surface area contributed by atoms with Crippen molar-refractivity contribution in [3.05, 3.63) is 40.9 Å². The van der Waals surface area contributed by atoms with Crippen molar-refractivity contribution in [2.45, 2.75) is 19.4 Å². The number of hydrogen-bond donors (Lipinski definition) is 0. The highest BCUT2D eigenvalue weighted by Gasteiger charge is 2.48. The van der Waals surface area contributed by atoms with E-state index < -0.39 is 0 Å². The molecular formula is C12H14BrN. The van der Waals surface area contributed by atoms with Crippen LogP contribution in [0.15, 0.2) is 40.9 Å². The molecule has 2 heteroatoms. The summed E-state index contributed by atoms with van der Waals surface area (Å²) in [7, 11) is 0. The van der Waals surface area contributed by atoms with E-state index in [1.54, 1.807) is 0 Å².